The molecule has 3 rings (SSSR count). The van der Waals surface area contributed by atoms with Gasteiger partial charge in [-0.25, -0.2) is 12.7 Å². The summed E-state index contributed by atoms with van der Waals surface area (Å²) in [5.74, 6) is -1.21. The van der Waals surface area contributed by atoms with Gasteiger partial charge < -0.3 is 5.11 Å². The molecule has 0 bridgehead atoms. The van der Waals surface area contributed by atoms with E-state index in [4.69, 9.17) is 5.11 Å². The smallest absolute Gasteiger partial charge is 0.309 e. The molecule has 1 N–H and O–H groups in total. The molecule has 7 heteroatoms. The van der Waals surface area contributed by atoms with Gasteiger partial charge in [0.25, 0.3) is 0 Å². The van der Waals surface area contributed by atoms with Gasteiger partial charge in [-0.05, 0) is 29.8 Å². The number of nitrogens with zero attached hydrogens (tertiary/aromatic N) is 2. The normalized spacial score (nSPS) is 11.1. The molecule has 0 fully saturated rings. The zero-order valence-electron chi connectivity index (χ0n) is 14.4. The van der Waals surface area contributed by atoms with Crippen molar-refractivity contribution in [3.8, 4) is 0 Å². The van der Waals surface area contributed by atoms with Gasteiger partial charge in [0.05, 0.1) is 29.2 Å². The fourth-order valence-corrected chi connectivity index (χ4v) is 4.35. The first-order valence-corrected chi connectivity index (χ1v) is 9.85. The molecule has 138 valence electrons. The van der Waals surface area contributed by atoms with Crippen LogP contribution in [-0.4, -0.2) is 24.5 Å². The monoisotopic (exact) mass is 382 g/mol. The van der Waals surface area contributed by atoms with Gasteiger partial charge in [0.15, 0.2) is 0 Å². The molecule has 6 nitrogen and oxygen atoms in total. The SMILES string of the molecule is O=C(O)Cc1cc(N(c2ccccc2)S(=O)(=O)Cc2ccccc2)ccn1. The van der Waals surface area contributed by atoms with Gasteiger partial charge in [0, 0.05) is 6.20 Å². The van der Waals surface area contributed by atoms with E-state index < -0.39 is 16.0 Å². The van der Waals surface area contributed by atoms with Crippen molar-refractivity contribution in [1.82, 2.24) is 4.98 Å². The molecule has 0 amide bonds. The van der Waals surface area contributed by atoms with Crippen molar-refractivity contribution in [2.45, 2.75) is 12.2 Å². The lowest BCUT2D eigenvalue weighted by Gasteiger charge is -2.25. The standard InChI is InChI=1S/C20H18N2O4S/c23-20(24)14-17-13-19(11-12-21-17)22(18-9-5-2-6-10-18)27(25,26)15-16-7-3-1-4-8-16/h1-13H,14-15H2,(H,23,24). The van der Waals surface area contributed by atoms with Crippen LogP contribution in [0.15, 0.2) is 79.0 Å². The number of pyridine rings is 1. The summed E-state index contributed by atoms with van der Waals surface area (Å²) in [7, 11) is -3.77. The number of carboxylic acids is 1. The Morgan fingerprint density at radius 2 is 1.56 bits per heavy atom. The molecule has 27 heavy (non-hydrogen) atoms. The molecule has 0 aliphatic heterocycles. The Hall–Kier alpha value is -3.19. The van der Waals surface area contributed by atoms with Gasteiger partial charge in [0.2, 0.25) is 10.0 Å². The van der Waals surface area contributed by atoms with Crippen molar-refractivity contribution >= 4 is 27.4 Å². The topological polar surface area (TPSA) is 87.6 Å². The second-order valence-electron chi connectivity index (χ2n) is 5.92. The fraction of sp³-hybridized carbons (Fsp3) is 0.100. The van der Waals surface area contributed by atoms with Crippen LogP contribution in [0.25, 0.3) is 0 Å². The largest absolute Gasteiger partial charge is 0.481 e. The maximum Gasteiger partial charge on any atom is 0.309 e. The van der Waals surface area contributed by atoms with Crippen LogP contribution in [0.5, 0.6) is 0 Å². The van der Waals surface area contributed by atoms with Gasteiger partial charge in [-0.3, -0.25) is 9.78 Å². The maximum atomic E-state index is 13.2. The maximum absolute atomic E-state index is 13.2. The van der Waals surface area contributed by atoms with E-state index in [-0.39, 0.29) is 17.9 Å². The lowest BCUT2D eigenvalue weighted by Crippen LogP contribution is -2.27. The minimum Gasteiger partial charge on any atom is -0.481 e. The van der Waals surface area contributed by atoms with E-state index in [0.717, 1.165) is 0 Å². The van der Waals surface area contributed by atoms with Gasteiger partial charge in [-0.15, -0.1) is 0 Å². The predicted octanol–water partition coefficient (Wildman–Crippen LogP) is 3.38. The Kier molecular flexibility index (Phi) is 5.52. The lowest BCUT2D eigenvalue weighted by molar-refractivity contribution is -0.136. The van der Waals surface area contributed by atoms with Crippen molar-refractivity contribution in [1.29, 1.82) is 0 Å². The number of rotatable bonds is 7. The van der Waals surface area contributed by atoms with Crippen LogP contribution in [0.2, 0.25) is 0 Å². The van der Waals surface area contributed by atoms with Crippen molar-refractivity contribution in [2.24, 2.45) is 0 Å². The Bertz CT molecular complexity index is 1020. The molecule has 0 unspecified atom stereocenters. The number of anilines is 2. The first-order valence-electron chi connectivity index (χ1n) is 8.24. The van der Waals surface area contributed by atoms with Crippen LogP contribution in [-0.2, 0) is 27.0 Å². The van der Waals surface area contributed by atoms with E-state index in [1.54, 1.807) is 60.7 Å². The summed E-state index contributed by atoms with van der Waals surface area (Å²) < 4.78 is 27.7. The highest BCUT2D eigenvalue weighted by molar-refractivity contribution is 7.92. The van der Waals surface area contributed by atoms with Gasteiger partial charge >= 0.3 is 5.97 Å². The third-order valence-electron chi connectivity index (χ3n) is 3.83. The number of para-hydroxylation sites is 1. The molecule has 3 aromatic rings. The summed E-state index contributed by atoms with van der Waals surface area (Å²) in [5, 5.41) is 9.00. The Labute approximate surface area is 157 Å². The molecule has 0 aliphatic carbocycles. The first kappa shape index (κ1) is 18.6. The van der Waals surface area contributed by atoms with Gasteiger partial charge in [-0.2, -0.15) is 0 Å². The van der Waals surface area contributed by atoms with Crippen molar-refractivity contribution in [2.75, 3.05) is 4.31 Å². The van der Waals surface area contributed by atoms with Crippen LogP contribution in [0.4, 0.5) is 11.4 Å². The van der Waals surface area contributed by atoms with Crippen molar-refractivity contribution in [3.63, 3.8) is 0 Å². The predicted molar refractivity (Wildman–Crippen MR) is 103 cm³/mol. The first-order chi connectivity index (χ1) is 13.0. The summed E-state index contributed by atoms with van der Waals surface area (Å²) in [6.45, 7) is 0. The Morgan fingerprint density at radius 1 is 0.926 bits per heavy atom. The molecule has 0 atom stereocenters. The molecule has 1 aromatic heterocycles. The Balaban J connectivity index is 2.06. The summed E-state index contributed by atoms with van der Waals surface area (Å²) in [6.07, 6.45) is 1.14. The molecule has 2 aromatic carbocycles. The van der Waals surface area contributed by atoms with E-state index in [1.807, 2.05) is 6.07 Å². The minimum absolute atomic E-state index is 0.181. The average molecular weight is 382 g/mol. The highest BCUT2D eigenvalue weighted by Crippen LogP contribution is 2.30. The molecule has 0 aliphatic rings. The van der Waals surface area contributed by atoms with E-state index in [2.05, 4.69) is 4.98 Å². The zero-order valence-corrected chi connectivity index (χ0v) is 15.2. The number of aliphatic carboxylic acids is 1. The number of aromatic nitrogens is 1. The summed E-state index contributed by atoms with van der Waals surface area (Å²) >= 11 is 0. The number of hydrogen-bond donors (Lipinski definition) is 1. The van der Waals surface area contributed by atoms with Crippen LogP contribution < -0.4 is 4.31 Å². The summed E-state index contributed by atoms with van der Waals surface area (Å²) in [6, 6.07) is 20.6. The highest BCUT2D eigenvalue weighted by Gasteiger charge is 2.25. The van der Waals surface area contributed by atoms with Crippen LogP contribution in [0, 0.1) is 0 Å². The second-order valence-corrected chi connectivity index (χ2v) is 7.74. The number of hydrogen-bond acceptors (Lipinski definition) is 4. The number of sulfonamides is 1. The van der Waals surface area contributed by atoms with E-state index in [0.29, 0.717) is 16.9 Å². The number of benzene rings is 2. The molecule has 1 heterocycles. The van der Waals surface area contributed by atoms with Crippen molar-refractivity contribution < 1.29 is 18.3 Å². The molecule has 0 saturated heterocycles. The third kappa shape index (κ3) is 4.71. The van der Waals surface area contributed by atoms with Crippen LogP contribution in [0.3, 0.4) is 0 Å². The third-order valence-corrected chi connectivity index (χ3v) is 5.50. The van der Waals surface area contributed by atoms with Gasteiger partial charge in [-0.1, -0.05) is 48.5 Å². The van der Waals surface area contributed by atoms with E-state index in [9.17, 15) is 13.2 Å². The fourth-order valence-electron chi connectivity index (χ4n) is 2.73. The summed E-state index contributed by atoms with van der Waals surface area (Å²) in [5.41, 5.74) is 1.78. The van der Waals surface area contributed by atoms with E-state index >= 15 is 0 Å². The zero-order chi connectivity index (χ0) is 19.3. The molecular weight excluding hydrogens is 364 g/mol. The minimum atomic E-state index is -3.77. The summed E-state index contributed by atoms with van der Waals surface area (Å²) in [4.78, 5) is 15.0. The van der Waals surface area contributed by atoms with Crippen molar-refractivity contribution in [3.05, 3.63) is 90.3 Å². The number of carbonyl (C=O) groups is 1. The Morgan fingerprint density at radius 3 is 2.19 bits per heavy atom. The van der Waals surface area contributed by atoms with Gasteiger partial charge in [0.1, 0.15) is 0 Å². The lowest BCUT2D eigenvalue weighted by atomic mass is 10.2. The van der Waals surface area contributed by atoms with Crippen LogP contribution >= 0.6 is 0 Å². The molecular formula is C20H18N2O4S. The number of carboxylic acid groups (broad SMARTS) is 1. The molecule has 0 saturated carbocycles. The quantitative estimate of drug-likeness (QED) is 0.677. The van der Waals surface area contributed by atoms with Crippen LogP contribution in [0.1, 0.15) is 11.3 Å². The highest BCUT2D eigenvalue weighted by atomic mass is 32.2. The molecule has 0 spiro atoms. The average Bonchev–Trinajstić information content (AvgIpc) is 2.63. The second kappa shape index (κ2) is 8.01. The molecule has 0 radical (unpaired) electrons. The van der Waals surface area contributed by atoms with E-state index in [1.165, 1.54) is 16.6 Å².